The molecule has 0 aromatic heterocycles. The summed E-state index contributed by atoms with van der Waals surface area (Å²) in [4.78, 5) is 30.0. The highest BCUT2D eigenvalue weighted by Crippen LogP contribution is 2.29. The van der Waals surface area contributed by atoms with Crippen molar-refractivity contribution in [2.24, 2.45) is 5.92 Å². The zero-order valence-corrected chi connectivity index (χ0v) is 20.3. The number of halogens is 1. The van der Waals surface area contributed by atoms with Crippen molar-refractivity contribution in [1.82, 2.24) is 9.80 Å². The first-order chi connectivity index (χ1) is 15.4. The first-order valence-corrected chi connectivity index (χ1v) is 12.7. The molecule has 1 amide bonds. The highest BCUT2D eigenvalue weighted by Gasteiger charge is 2.33. The van der Waals surface area contributed by atoms with Crippen LogP contribution in [0.1, 0.15) is 68.6 Å². The number of carbonyl (C=O) groups is 2. The summed E-state index contributed by atoms with van der Waals surface area (Å²) in [6.45, 7) is 8.39. The van der Waals surface area contributed by atoms with Crippen molar-refractivity contribution in [3.63, 3.8) is 0 Å². The van der Waals surface area contributed by atoms with Crippen molar-refractivity contribution >= 4 is 23.3 Å². The van der Waals surface area contributed by atoms with E-state index in [1.54, 1.807) is 0 Å². The van der Waals surface area contributed by atoms with E-state index in [0.29, 0.717) is 23.8 Å². The molecule has 176 valence electrons. The Labute approximate surface area is 197 Å². The Bertz CT molecular complexity index is 831. The third-order valence-corrected chi connectivity index (χ3v) is 7.77. The van der Waals surface area contributed by atoms with E-state index in [2.05, 4.69) is 23.6 Å². The Morgan fingerprint density at radius 3 is 2.53 bits per heavy atom. The third-order valence-electron chi connectivity index (χ3n) is 7.55. The van der Waals surface area contributed by atoms with Crippen molar-refractivity contribution in [2.45, 2.75) is 83.9 Å². The molecule has 0 N–H and O–H groups in total. The molecule has 1 aromatic rings. The molecule has 6 heteroatoms. The zero-order valence-electron chi connectivity index (χ0n) is 19.6. The van der Waals surface area contributed by atoms with Gasteiger partial charge in [0.1, 0.15) is 5.78 Å². The van der Waals surface area contributed by atoms with E-state index in [1.807, 2.05) is 12.1 Å². The predicted molar refractivity (Wildman–Crippen MR) is 127 cm³/mol. The molecule has 2 atom stereocenters. The zero-order chi connectivity index (χ0) is 22.7. The van der Waals surface area contributed by atoms with E-state index >= 15 is 0 Å². The van der Waals surface area contributed by atoms with Gasteiger partial charge in [-0.15, -0.1) is 0 Å². The van der Waals surface area contributed by atoms with Crippen molar-refractivity contribution < 1.29 is 14.3 Å². The molecule has 3 aliphatic rings. The van der Waals surface area contributed by atoms with Crippen LogP contribution in [-0.2, 0) is 27.3 Å². The van der Waals surface area contributed by atoms with Gasteiger partial charge in [0.25, 0.3) is 0 Å². The molecular weight excluding hydrogens is 424 g/mol. The first-order valence-electron chi connectivity index (χ1n) is 12.3. The molecule has 32 heavy (non-hydrogen) atoms. The van der Waals surface area contributed by atoms with Gasteiger partial charge < -0.3 is 9.64 Å². The lowest BCUT2D eigenvalue weighted by atomic mass is 9.95. The number of hydrogen-bond acceptors (Lipinski definition) is 4. The van der Waals surface area contributed by atoms with Crippen LogP contribution in [0.5, 0.6) is 0 Å². The lowest BCUT2D eigenvalue weighted by molar-refractivity contribution is -0.140. The molecule has 1 saturated carbocycles. The third kappa shape index (κ3) is 5.73. The Morgan fingerprint density at radius 2 is 1.84 bits per heavy atom. The highest BCUT2D eigenvalue weighted by atomic mass is 35.5. The van der Waals surface area contributed by atoms with E-state index in [9.17, 15) is 9.59 Å². The fourth-order valence-corrected chi connectivity index (χ4v) is 5.90. The molecule has 2 heterocycles. The van der Waals surface area contributed by atoms with Crippen LogP contribution >= 0.6 is 11.6 Å². The summed E-state index contributed by atoms with van der Waals surface area (Å²) in [6, 6.07) is 4.20. The van der Waals surface area contributed by atoms with Crippen molar-refractivity contribution in [2.75, 3.05) is 26.2 Å². The summed E-state index contributed by atoms with van der Waals surface area (Å²) in [6.07, 6.45) is 7.54. The van der Waals surface area contributed by atoms with Crippen LogP contribution in [0.4, 0.5) is 0 Å². The van der Waals surface area contributed by atoms with Crippen molar-refractivity contribution in [3.05, 3.63) is 33.8 Å². The Kier molecular flexibility index (Phi) is 7.91. The van der Waals surface area contributed by atoms with Crippen molar-refractivity contribution in [1.29, 1.82) is 0 Å². The maximum absolute atomic E-state index is 12.9. The number of benzene rings is 1. The summed E-state index contributed by atoms with van der Waals surface area (Å²) < 4.78 is 5.63. The number of Topliss-reactive ketones (excluding diaryl/α,β-unsaturated/α-hetero) is 1. The number of hydrogen-bond donors (Lipinski definition) is 0. The molecule has 1 aliphatic carbocycles. The maximum Gasteiger partial charge on any atom is 0.226 e. The average molecular weight is 461 g/mol. The average Bonchev–Trinajstić information content (AvgIpc) is 3.45. The molecule has 5 nitrogen and oxygen atoms in total. The first kappa shape index (κ1) is 23.7. The van der Waals surface area contributed by atoms with Gasteiger partial charge in [0.05, 0.1) is 6.10 Å². The number of ether oxygens (including phenoxy) is 1. The lowest BCUT2D eigenvalue weighted by Crippen LogP contribution is -2.54. The van der Waals surface area contributed by atoms with Gasteiger partial charge in [0.15, 0.2) is 0 Å². The minimum absolute atomic E-state index is 0.0891. The van der Waals surface area contributed by atoms with Crippen LogP contribution in [0.3, 0.4) is 0 Å². The minimum Gasteiger partial charge on any atom is -0.378 e. The molecule has 2 saturated heterocycles. The van der Waals surface area contributed by atoms with Crippen molar-refractivity contribution in [3.8, 4) is 0 Å². The van der Waals surface area contributed by atoms with E-state index < -0.39 is 0 Å². The van der Waals surface area contributed by atoms with Crippen LogP contribution in [0, 0.1) is 12.8 Å². The Hall–Kier alpha value is -1.43. The van der Waals surface area contributed by atoms with E-state index in [0.717, 1.165) is 69.6 Å². The number of nitrogens with zero attached hydrogens (tertiary/aromatic N) is 2. The quantitative estimate of drug-likeness (QED) is 0.598. The lowest BCUT2D eigenvalue weighted by Gasteiger charge is -2.41. The van der Waals surface area contributed by atoms with Crippen LogP contribution in [0.15, 0.2) is 12.1 Å². The van der Waals surface area contributed by atoms with Gasteiger partial charge in [0.2, 0.25) is 5.91 Å². The molecule has 3 fully saturated rings. The monoisotopic (exact) mass is 460 g/mol. The molecular formula is C26H37ClN2O3. The smallest absolute Gasteiger partial charge is 0.226 e. The maximum atomic E-state index is 12.9. The van der Waals surface area contributed by atoms with Gasteiger partial charge in [-0.1, -0.05) is 24.4 Å². The predicted octanol–water partition coefficient (Wildman–Crippen LogP) is 4.55. The number of piperazine rings is 1. The molecule has 4 rings (SSSR count). The second-order valence-corrected chi connectivity index (χ2v) is 10.4. The second-order valence-electron chi connectivity index (χ2n) is 10.0. The molecule has 2 aliphatic heterocycles. The Morgan fingerprint density at radius 1 is 1.09 bits per heavy atom. The van der Waals surface area contributed by atoms with Crippen LogP contribution in [0.2, 0.25) is 5.02 Å². The molecule has 0 spiro atoms. The normalized spacial score (nSPS) is 24.9. The number of carbonyl (C=O) groups excluding carboxylic acids is 2. The number of rotatable bonds is 7. The van der Waals surface area contributed by atoms with Gasteiger partial charge in [-0.2, -0.15) is 0 Å². The van der Waals surface area contributed by atoms with Crippen LogP contribution < -0.4 is 0 Å². The molecule has 0 radical (unpaired) electrons. The summed E-state index contributed by atoms with van der Waals surface area (Å²) in [7, 11) is 0. The summed E-state index contributed by atoms with van der Waals surface area (Å²) >= 11 is 6.45. The van der Waals surface area contributed by atoms with Gasteiger partial charge >= 0.3 is 0 Å². The molecule has 1 aromatic carbocycles. The van der Waals surface area contributed by atoms with Crippen LogP contribution in [-0.4, -0.2) is 59.9 Å². The SMILES string of the molecule is Cc1c(CC(=O)CC2CCCO2)cc(Cl)cc1CN1CCN(C(=O)C2CCCC2)[C@@H](C)C1. The highest BCUT2D eigenvalue weighted by molar-refractivity contribution is 6.30. The van der Waals surface area contributed by atoms with E-state index in [4.69, 9.17) is 16.3 Å². The fourth-order valence-electron chi connectivity index (χ4n) is 5.64. The summed E-state index contributed by atoms with van der Waals surface area (Å²) in [5.74, 6) is 0.829. The number of amides is 1. The van der Waals surface area contributed by atoms with E-state index in [1.165, 1.54) is 18.4 Å². The largest absolute Gasteiger partial charge is 0.378 e. The second kappa shape index (κ2) is 10.7. The number of ketones is 1. The van der Waals surface area contributed by atoms with Gasteiger partial charge in [-0.25, -0.2) is 0 Å². The minimum atomic E-state index is 0.0891. The molecule has 1 unspecified atom stereocenters. The summed E-state index contributed by atoms with van der Waals surface area (Å²) in [5.41, 5.74) is 3.37. The van der Waals surface area contributed by atoms with Gasteiger partial charge in [0, 0.05) is 62.6 Å². The standard InChI is InChI=1S/C26H37ClN2O3/c1-18-16-28(9-10-29(18)26(31)20-6-3-4-7-20)17-22-13-23(27)12-21(19(22)2)14-24(30)15-25-8-5-11-32-25/h12-13,18,20,25H,3-11,14-17H2,1-2H3/t18-,25?/m0/s1. The topological polar surface area (TPSA) is 49.9 Å². The summed E-state index contributed by atoms with van der Waals surface area (Å²) in [5, 5.41) is 0.689. The van der Waals surface area contributed by atoms with Crippen LogP contribution in [0.25, 0.3) is 0 Å². The van der Waals surface area contributed by atoms with Gasteiger partial charge in [-0.05, 0) is 68.4 Å². The van der Waals surface area contributed by atoms with Gasteiger partial charge in [-0.3, -0.25) is 14.5 Å². The Balaban J connectivity index is 1.36. The fraction of sp³-hybridized carbons (Fsp3) is 0.692. The van der Waals surface area contributed by atoms with E-state index in [-0.39, 0.29) is 23.8 Å². The molecule has 0 bridgehead atoms.